The van der Waals surface area contributed by atoms with Gasteiger partial charge in [-0.1, -0.05) is 261 Å². The molecular formula is C65H114O6. The third-order valence-electron chi connectivity index (χ3n) is 13.2. The average molecular weight is 992 g/mol. The summed E-state index contributed by atoms with van der Waals surface area (Å²) in [6.07, 6.45) is 76.0. The standard InChI is InChI=1S/C65H114O6/c1-4-7-10-13-16-19-22-25-28-30-32-34-37-40-43-46-49-52-55-58-64(67)70-61-62(60-69-63(66)57-54-51-48-45-42-39-36-27-24-21-18-15-12-9-6-3)71-65(68)59-56-53-50-47-44-41-38-35-33-31-29-26-23-20-17-14-11-8-5-2/h16-17,19-20,25-26,28-29,32,34,40,43,62H,4-15,18,21-24,27,30-31,33,35-39,41-42,44-61H2,1-3H3/b19-16+,20-17+,28-25+,29-26+,34-32+,43-40+/t62-/m1/s1. The molecule has 0 radical (unpaired) electrons. The van der Waals surface area contributed by atoms with Gasteiger partial charge in [0.2, 0.25) is 0 Å². The second kappa shape index (κ2) is 59.4. The lowest BCUT2D eigenvalue weighted by molar-refractivity contribution is -0.167. The van der Waals surface area contributed by atoms with Crippen molar-refractivity contribution in [3.63, 3.8) is 0 Å². The van der Waals surface area contributed by atoms with Gasteiger partial charge in [-0.15, -0.1) is 0 Å². The van der Waals surface area contributed by atoms with E-state index in [1.165, 1.54) is 173 Å². The van der Waals surface area contributed by atoms with Gasteiger partial charge in [-0.2, -0.15) is 0 Å². The predicted octanol–water partition coefficient (Wildman–Crippen LogP) is 20.5. The fraction of sp³-hybridized carbons (Fsp3) is 0.769. The zero-order chi connectivity index (χ0) is 51.4. The molecule has 0 aromatic heterocycles. The van der Waals surface area contributed by atoms with E-state index in [-0.39, 0.29) is 31.1 Å². The van der Waals surface area contributed by atoms with Gasteiger partial charge in [0.1, 0.15) is 13.2 Å². The second-order valence-electron chi connectivity index (χ2n) is 20.3. The van der Waals surface area contributed by atoms with E-state index in [1.54, 1.807) is 0 Å². The third kappa shape index (κ3) is 57.6. The van der Waals surface area contributed by atoms with Gasteiger partial charge in [-0.05, 0) is 96.3 Å². The van der Waals surface area contributed by atoms with Crippen molar-refractivity contribution in [2.24, 2.45) is 0 Å². The number of esters is 3. The summed E-state index contributed by atoms with van der Waals surface area (Å²) >= 11 is 0. The van der Waals surface area contributed by atoms with Crippen LogP contribution in [-0.2, 0) is 28.6 Å². The topological polar surface area (TPSA) is 78.9 Å². The zero-order valence-corrected chi connectivity index (χ0v) is 47.0. The predicted molar refractivity (Wildman–Crippen MR) is 307 cm³/mol. The second-order valence-corrected chi connectivity index (χ2v) is 20.3. The largest absolute Gasteiger partial charge is 0.462 e. The molecule has 6 nitrogen and oxygen atoms in total. The third-order valence-corrected chi connectivity index (χ3v) is 13.2. The van der Waals surface area contributed by atoms with Crippen LogP contribution in [0, 0.1) is 0 Å². The van der Waals surface area contributed by atoms with Gasteiger partial charge >= 0.3 is 17.9 Å². The van der Waals surface area contributed by atoms with Crippen molar-refractivity contribution in [2.45, 2.75) is 309 Å². The SMILES string of the molecule is CCCCC/C=C/C/C=C/C/C=C/C/C=C/CCCCCC(=O)OC[C@@H](COC(=O)CCCCCCCCCCCCCCCCC)OC(=O)CCCCCCCCCCC/C=C/C/C=C/CCCCC. The van der Waals surface area contributed by atoms with Gasteiger partial charge in [0.25, 0.3) is 0 Å². The molecule has 0 fully saturated rings. The summed E-state index contributed by atoms with van der Waals surface area (Å²) in [5.74, 6) is -0.908. The van der Waals surface area contributed by atoms with Gasteiger partial charge in [0.05, 0.1) is 0 Å². The van der Waals surface area contributed by atoms with E-state index in [0.29, 0.717) is 19.3 Å². The number of hydrogen-bond donors (Lipinski definition) is 0. The Labute approximate surface area is 440 Å². The molecule has 0 unspecified atom stereocenters. The van der Waals surface area contributed by atoms with E-state index in [9.17, 15) is 14.4 Å². The van der Waals surface area contributed by atoms with Crippen molar-refractivity contribution in [3.8, 4) is 0 Å². The first-order valence-corrected chi connectivity index (χ1v) is 30.4. The molecule has 0 amide bonds. The molecule has 0 saturated heterocycles. The Morgan fingerprint density at radius 3 is 0.831 bits per heavy atom. The van der Waals surface area contributed by atoms with E-state index in [2.05, 4.69) is 93.7 Å². The highest BCUT2D eigenvalue weighted by Crippen LogP contribution is 2.16. The zero-order valence-electron chi connectivity index (χ0n) is 47.0. The summed E-state index contributed by atoms with van der Waals surface area (Å²) in [5, 5.41) is 0. The number of unbranched alkanes of at least 4 members (excludes halogenated alkanes) is 32. The fourth-order valence-electron chi connectivity index (χ4n) is 8.57. The molecule has 0 rings (SSSR count). The first-order valence-electron chi connectivity index (χ1n) is 30.4. The Bertz CT molecular complexity index is 1320. The average Bonchev–Trinajstić information content (AvgIpc) is 3.37. The molecule has 0 heterocycles. The van der Waals surface area contributed by atoms with Gasteiger partial charge in [-0.25, -0.2) is 0 Å². The molecule has 0 spiro atoms. The summed E-state index contributed by atoms with van der Waals surface area (Å²) in [7, 11) is 0. The lowest BCUT2D eigenvalue weighted by atomic mass is 10.0. The van der Waals surface area contributed by atoms with Crippen LogP contribution >= 0.6 is 0 Å². The maximum atomic E-state index is 12.9. The monoisotopic (exact) mass is 991 g/mol. The van der Waals surface area contributed by atoms with Gasteiger partial charge in [-0.3, -0.25) is 14.4 Å². The fourth-order valence-corrected chi connectivity index (χ4v) is 8.57. The lowest BCUT2D eigenvalue weighted by Crippen LogP contribution is -2.30. The summed E-state index contributed by atoms with van der Waals surface area (Å²) < 4.78 is 16.9. The minimum atomic E-state index is -0.790. The van der Waals surface area contributed by atoms with E-state index >= 15 is 0 Å². The van der Waals surface area contributed by atoms with Crippen molar-refractivity contribution in [1.82, 2.24) is 0 Å². The number of rotatable bonds is 55. The van der Waals surface area contributed by atoms with Crippen LogP contribution in [0.25, 0.3) is 0 Å². The summed E-state index contributed by atoms with van der Waals surface area (Å²) in [6.45, 7) is 6.59. The number of carbonyl (C=O) groups excluding carboxylic acids is 3. The molecule has 0 aromatic rings. The normalized spacial score (nSPS) is 12.5. The van der Waals surface area contributed by atoms with Crippen LogP contribution in [0.1, 0.15) is 303 Å². The number of carbonyl (C=O) groups is 3. The molecule has 6 heteroatoms. The Kier molecular flexibility index (Phi) is 56.8. The number of allylic oxidation sites excluding steroid dienone is 12. The lowest BCUT2D eigenvalue weighted by Gasteiger charge is -2.18. The molecule has 410 valence electrons. The van der Waals surface area contributed by atoms with Crippen LogP contribution in [0.3, 0.4) is 0 Å². The molecular weight excluding hydrogens is 877 g/mol. The van der Waals surface area contributed by atoms with Gasteiger partial charge < -0.3 is 14.2 Å². The van der Waals surface area contributed by atoms with Crippen molar-refractivity contribution in [1.29, 1.82) is 0 Å². The Morgan fingerprint density at radius 2 is 0.507 bits per heavy atom. The molecule has 0 aliphatic rings. The summed E-state index contributed by atoms with van der Waals surface area (Å²) in [6, 6.07) is 0. The minimum Gasteiger partial charge on any atom is -0.462 e. The van der Waals surface area contributed by atoms with Crippen LogP contribution in [-0.4, -0.2) is 37.2 Å². The Hall–Kier alpha value is -3.15. The highest BCUT2D eigenvalue weighted by atomic mass is 16.6. The van der Waals surface area contributed by atoms with Crippen LogP contribution in [0.4, 0.5) is 0 Å². The van der Waals surface area contributed by atoms with Crippen LogP contribution in [0.15, 0.2) is 72.9 Å². The first-order chi connectivity index (χ1) is 35.0. The van der Waals surface area contributed by atoms with Gasteiger partial charge in [0.15, 0.2) is 6.10 Å². The van der Waals surface area contributed by atoms with E-state index < -0.39 is 6.10 Å². The van der Waals surface area contributed by atoms with E-state index in [4.69, 9.17) is 14.2 Å². The highest BCUT2D eigenvalue weighted by Gasteiger charge is 2.19. The molecule has 0 bridgehead atoms. The first kappa shape index (κ1) is 67.8. The van der Waals surface area contributed by atoms with Crippen LogP contribution in [0.5, 0.6) is 0 Å². The van der Waals surface area contributed by atoms with Crippen molar-refractivity contribution in [2.75, 3.05) is 13.2 Å². The van der Waals surface area contributed by atoms with Gasteiger partial charge in [0, 0.05) is 19.3 Å². The minimum absolute atomic E-state index is 0.0848. The Morgan fingerprint density at radius 1 is 0.282 bits per heavy atom. The molecule has 0 aromatic carbocycles. The Balaban J connectivity index is 4.43. The van der Waals surface area contributed by atoms with Crippen molar-refractivity contribution < 1.29 is 28.6 Å². The quantitative estimate of drug-likeness (QED) is 0.0261. The van der Waals surface area contributed by atoms with E-state index in [1.807, 2.05) is 0 Å². The van der Waals surface area contributed by atoms with Crippen molar-refractivity contribution >= 4 is 17.9 Å². The number of hydrogen-bond acceptors (Lipinski definition) is 6. The van der Waals surface area contributed by atoms with Crippen molar-refractivity contribution in [3.05, 3.63) is 72.9 Å². The molecule has 71 heavy (non-hydrogen) atoms. The smallest absolute Gasteiger partial charge is 0.306 e. The van der Waals surface area contributed by atoms with Crippen LogP contribution in [0.2, 0.25) is 0 Å². The molecule has 1 atom stereocenters. The molecule has 0 aliphatic carbocycles. The maximum Gasteiger partial charge on any atom is 0.306 e. The van der Waals surface area contributed by atoms with Crippen LogP contribution < -0.4 is 0 Å². The summed E-state index contributed by atoms with van der Waals surface area (Å²) in [5.41, 5.74) is 0. The summed E-state index contributed by atoms with van der Waals surface area (Å²) in [4.78, 5) is 38.2. The van der Waals surface area contributed by atoms with E-state index in [0.717, 1.165) is 89.9 Å². The molecule has 0 N–H and O–H groups in total. The molecule has 0 saturated carbocycles. The number of ether oxygens (including phenoxy) is 3. The highest BCUT2D eigenvalue weighted by molar-refractivity contribution is 5.71. The maximum absolute atomic E-state index is 12.9. The molecule has 0 aliphatic heterocycles.